The Labute approximate surface area is 194 Å². The highest BCUT2D eigenvalue weighted by atomic mass is 32.1. The van der Waals surface area contributed by atoms with Gasteiger partial charge in [-0.05, 0) is 68.4 Å². The Bertz CT molecular complexity index is 1250. The molecule has 2 aromatic heterocycles. The third kappa shape index (κ3) is 4.41. The quantitative estimate of drug-likeness (QED) is 0.216. The number of benzene rings is 2. The zero-order chi connectivity index (χ0) is 21.8. The van der Waals surface area contributed by atoms with E-state index in [4.69, 9.17) is 17.2 Å². The minimum Gasteiger partial charge on any atom is -0.384 e. The van der Waals surface area contributed by atoms with Gasteiger partial charge in [-0.25, -0.2) is 0 Å². The third-order valence-corrected chi connectivity index (χ3v) is 6.44. The Morgan fingerprint density at radius 3 is 2.66 bits per heavy atom. The maximum atomic E-state index is 5.48. The van der Waals surface area contributed by atoms with Crippen molar-refractivity contribution in [2.45, 2.75) is 38.5 Å². The van der Waals surface area contributed by atoms with E-state index in [1.807, 2.05) is 18.3 Å². The number of nitrogens with zero attached hydrogens (tertiary/aromatic N) is 1. The van der Waals surface area contributed by atoms with Crippen molar-refractivity contribution >= 4 is 50.5 Å². The van der Waals surface area contributed by atoms with Gasteiger partial charge in [0.25, 0.3) is 0 Å². The molecule has 0 saturated heterocycles. The first-order valence-corrected chi connectivity index (χ1v) is 12.0. The van der Waals surface area contributed by atoms with E-state index in [1.165, 1.54) is 35.2 Å². The predicted octanol–water partition coefficient (Wildman–Crippen LogP) is 5.77. The summed E-state index contributed by atoms with van der Waals surface area (Å²) in [5.74, 6) is 0. The van der Waals surface area contributed by atoms with E-state index >= 15 is 0 Å². The zero-order valence-corrected chi connectivity index (χ0v) is 19.0. The fourth-order valence-electron chi connectivity index (χ4n) is 4.58. The number of nitrogens with one attached hydrogen (secondary N) is 4. The molecule has 32 heavy (non-hydrogen) atoms. The van der Waals surface area contributed by atoms with E-state index in [2.05, 4.69) is 57.3 Å². The predicted molar refractivity (Wildman–Crippen MR) is 139 cm³/mol. The summed E-state index contributed by atoms with van der Waals surface area (Å²) in [6.45, 7) is 1.80. The molecular formula is C26H29N5S. The van der Waals surface area contributed by atoms with Crippen molar-refractivity contribution in [3.63, 3.8) is 0 Å². The highest BCUT2D eigenvalue weighted by Gasteiger charge is 2.17. The largest absolute Gasteiger partial charge is 0.384 e. The summed E-state index contributed by atoms with van der Waals surface area (Å²) in [6.07, 6.45) is 8.82. The lowest BCUT2D eigenvalue weighted by Gasteiger charge is -2.21. The number of H-pyrrole nitrogens is 1. The van der Waals surface area contributed by atoms with Crippen molar-refractivity contribution in [2.24, 2.45) is 0 Å². The molecule has 4 aromatic rings. The maximum Gasteiger partial charge on any atom is 0.170 e. The molecule has 1 aliphatic carbocycles. The Kier molecular flexibility index (Phi) is 6.21. The van der Waals surface area contributed by atoms with E-state index in [9.17, 15) is 0 Å². The van der Waals surface area contributed by atoms with Gasteiger partial charge < -0.3 is 20.9 Å². The highest BCUT2D eigenvalue weighted by molar-refractivity contribution is 7.80. The van der Waals surface area contributed by atoms with Gasteiger partial charge in [0.1, 0.15) is 0 Å². The van der Waals surface area contributed by atoms with Crippen LogP contribution in [-0.4, -0.2) is 28.2 Å². The van der Waals surface area contributed by atoms with Crippen molar-refractivity contribution < 1.29 is 0 Å². The normalized spacial score (nSPS) is 13.1. The molecule has 5 nitrogen and oxygen atoms in total. The van der Waals surface area contributed by atoms with Crippen LogP contribution in [0.15, 0.2) is 54.7 Å². The number of aryl methyl sites for hydroxylation is 1. The van der Waals surface area contributed by atoms with Crippen LogP contribution in [-0.2, 0) is 12.8 Å². The van der Waals surface area contributed by atoms with Crippen molar-refractivity contribution in [2.75, 3.05) is 23.7 Å². The van der Waals surface area contributed by atoms with Gasteiger partial charge in [0, 0.05) is 47.0 Å². The van der Waals surface area contributed by atoms with Gasteiger partial charge in [0.2, 0.25) is 0 Å². The molecule has 0 saturated carbocycles. The first-order valence-electron chi connectivity index (χ1n) is 11.5. The van der Waals surface area contributed by atoms with Crippen LogP contribution in [0.3, 0.4) is 0 Å². The fraction of sp³-hybridized carbons (Fsp3) is 0.308. The molecule has 0 unspecified atom stereocenters. The van der Waals surface area contributed by atoms with E-state index < -0.39 is 0 Å². The van der Waals surface area contributed by atoms with Crippen LogP contribution < -0.4 is 16.0 Å². The van der Waals surface area contributed by atoms with Gasteiger partial charge in [0.15, 0.2) is 5.11 Å². The van der Waals surface area contributed by atoms with Crippen molar-refractivity contribution in [3.05, 3.63) is 66.0 Å². The van der Waals surface area contributed by atoms with Crippen molar-refractivity contribution in [3.8, 4) is 0 Å². The van der Waals surface area contributed by atoms with Crippen LogP contribution in [0.1, 0.15) is 36.9 Å². The molecule has 0 atom stereocenters. The van der Waals surface area contributed by atoms with E-state index in [0.717, 1.165) is 60.9 Å². The Balaban J connectivity index is 1.12. The second kappa shape index (κ2) is 9.57. The van der Waals surface area contributed by atoms with Gasteiger partial charge in [-0.3, -0.25) is 4.98 Å². The first kappa shape index (κ1) is 20.8. The number of thiocarbonyl (C=S) groups is 1. The smallest absolute Gasteiger partial charge is 0.170 e. The maximum absolute atomic E-state index is 5.48. The van der Waals surface area contributed by atoms with Gasteiger partial charge in [-0.2, -0.15) is 0 Å². The molecule has 0 aliphatic heterocycles. The lowest BCUT2D eigenvalue weighted by atomic mass is 9.92. The number of rotatable bonds is 7. The molecule has 2 heterocycles. The number of para-hydroxylation sites is 2. The number of anilines is 2. The summed E-state index contributed by atoms with van der Waals surface area (Å²) < 4.78 is 0. The lowest BCUT2D eigenvalue weighted by molar-refractivity contribution is 0.671. The number of unbranched alkanes of at least 4 members (excludes halogenated alkanes) is 1. The molecule has 4 N–H and O–H groups in total. The molecule has 0 bridgehead atoms. The molecule has 0 spiro atoms. The Morgan fingerprint density at radius 2 is 1.72 bits per heavy atom. The third-order valence-electron chi connectivity index (χ3n) is 6.20. The van der Waals surface area contributed by atoms with Crippen LogP contribution in [0.4, 0.5) is 11.4 Å². The molecule has 6 heteroatoms. The minimum absolute atomic E-state index is 0.664. The SMILES string of the molecule is S=C(NCCCCNc1c2c(nc3ccccc13)CCCC2)Nc1c[nH]c2ccccc12. The van der Waals surface area contributed by atoms with Gasteiger partial charge in [-0.15, -0.1) is 0 Å². The van der Waals surface area contributed by atoms with Crippen LogP contribution >= 0.6 is 12.2 Å². The summed E-state index contributed by atoms with van der Waals surface area (Å²) in [7, 11) is 0. The standard InChI is InChI=1S/C26H29N5S/c32-26(31-24-17-29-21-12-4-1-9-18(21)24)28-16-8-7-15-27-25-19-10-2-5-13-22(19)30-23-14-6-3-11-20(23)25/h1-2,4-5,9-10,12-13,17,29H,3,6-8,11,14-16H2,(H,27,30)(H2,28,31,32). The number of pyridine rings is 1. The molecule has 2 aromatic carbocycles. The van der Waals surface area contributed by atoms with Crippen LogP contribution in [0.25, 0.3) is 21.8 Å². The minimum atomic E-state index is 0.664. The topological polar surface area (TPSA) is 64.8 Å². The average Bonchev–Trinajstić information content (AvgIpc) is 3.23. The molecule has 164 valence electrons. The monoisotopic (exact) mass is 443 g/mol. The number of hydrogen-bond acceptors (Lipinski definition) is 3. The van der Waals surface area contributed by atoms with E-state index in [1.54, 1.807) is 0 Å². The van der Waals surface area contributed by atoms with Crippen LogP contribution in [0.2, 0.25) is 0 Å². The van der Waals surface area contributed by atoms with Crippen molar-refractivity contribution in [1.82, 2.24) is 15.3 Å². The fourth-order valence-corrected chi connectivity index (χ4v) is 4.79. The summed E-state index contributed by atoms with van der Waals surface area (Å²) >= 11 is 5.48. The van der Waals surface area contributed by atoms with E-state index in [-0.39, 0.29) is 0 Å². The van der Waals surface area contributed by atoms with E-state index in [0.29, 0.717) is 5.11 Å². The van der Waals surface area contributed by atoms with Crippen LogP contribution in [0, 0.1) is 0 Å². The first-order chi connectivity index (χ1) is 15.8. The molecule has 0 fully saturated rings. The number of aromatic nitrogens is 2. The number of aromatic amines is 1. The summed E-state index contributed by atoms with van der Waals surface area (Å²) in [4.78, 5) is 8.19. The molecule has 1 aliphatic rings. The lowest BCUT2D eigenvalue weighted by Crippen LogP contribution is -2.29. The van der Waals surface area contributed by atoms with Gasteiger partial charge >= 0.3 is 0 Å². The zero-order valence-electron chi connectivity index (χ0n) is 18.2. The van der Waals surface area contributed by atoms with Gasteiger partial charge in [0.05, 0.1) is 11.2 Å². The summed E-state index contributed by atoms with van der Waals surface area (Å²) in [6, 6.07) is 16.7. The summed E-state index contributed by atoms with van der Waals surface area (Å²) in [5, 5.41) is 13.4. The number of hydrogen-bond donors (Lipinski definition) is 4. The summed E-state index contributed by atoms with van der Waals surface area (Å²) in [5.41, 5.74) is 7.23. The molecule has 0 radical (unpaired) electrons. The second-order valence-electron chi connectivity index (χ2n) is 8.40. The molecular weight excluding hydrogens is 414 g/mol. The van der Waals surface area contributed by atoms with Gasteiger partial charge in [-0.1, -0.05) is 36.4 Å². The molecule has 5 rings (SSSR count). The Morgan fingerprint density at radius 1 is 0.938 bits per heavy atom. The average molecular weight is 444 g/mol. The van der Waals surface area contributed by atoms with Crippen LogP contribution in [0.5, 0.6) is 0 Å². The highest BCUT2D eigenvalue weighted by Crippen LogP contribution is 2.33. The second-order valence-corrected chi connectivity index (χ2v) is 8.81. The van der Waals surface area contributed by atoms with Crippen molar-refractivity contribution in [1.29, 1.82) is 0 Å². The number of fused-ring (bicyclic) bond motifs is 3. The Hall–Kier alpha value is -3.12. The molecule has 0 amide bonds.